The summed E-state index contributed by atoms with van der Waals surface area (Å²) in [6.45, 7) is 2.61. The van der Waals surface area contributed by atoms with Gasteiger partial charge in [-0.15, -0.1) is 0 Å². The van der Waals surface area contributed by atoms with Gasteiger partial charge < -0.3 is 16.0 Å². The highest BCUT2D eigenvalue weighted by molar-refractivity contribution is 5.92. The molecule has 1 heterocycles. The fourth-order valence-electron chi connectivity index (χ4n) is 4.45. The molecule has 0 bridgehead atoms. The van der Waals surface area contributed by atoms with E-state index in [0.717, 1.165) is 44.5 Å². The molecule has 1 saturated heterocycles. The Kier molecular flexibility index (Phi) is 7.39. The second-order valence-corrected chi connectivity index (χ2v) is 8.56. The van der Waals surface area contributed by atoms with Crippen LogP contribution in [0.2, 0.25) is 0 Å². The number of benzene rings is 1. The number of nitrogens with one attached hydrogen (secondary N) is 1. The third-order valence-electron chi connectivity index (χ3n) is 6.44. The highest BCUT2D eigenvalue weighted by Crippen LogP contribution is 2.40. The molecule has 0 spiro atoms. The smallest absolute Gasteiger partial charge is 0.369 e. The standard InChI is InChI=1S/C22H30F3N3O2/c23-22(24,25)18-3-1-2-17(14-18)21(30)27-19-6-4-15(5-7-19)8-11-28-12-9-16(10-13-28)20(26)29/h4-7,16-18H,1-3,8-14H2,(H2,26,29)(H,27,30). The van der Waals surface area contributed by atoms with Gasteiger partial charge in [-0.3, -0.25) is 9.59 Å². The maximum atomic E-state index is 13.0. The number of rotatable bonds is 6. The lowest BCUT2D eigenvalue weighted by Gasteiger charge is -2.30. The van der Waals surface area contributed by atoms with Crippen LogP contribution in [0, 0.1) is 17.8 Å². The number of likely N-dealkylation sites (tertiary alicyclic amines) is 1. The lowest BCUT2D eigenvalue weighted by molar-refractivity contribution is -0.185. The lowest BCUT2D eigenvalue weighted by atomic mass is 9.80. The first-order valence-electron chi connectivity index (χ1n) is 10.7. The number of piperidine rings is 1. The third kappa shape index (κ3) is 6.20. The Morgan fingerprint density at radius 3 is 2.30 bits per heavy atom. The maximum absolute atomic E-state index is 13.0. The molecule has 1 aliphatic heterocycles. The fourth-order valence-corrected chi connectivity index (χ4v) is 4.45. The van der Waals surface area contributed by atoms with Gasteiger partial charge in [0, 0.05) is 24.1 Å². The van der Waals surface area contributed by atoms with Crippen molar-refractivity contribution in [3.63, 3.8) is 0 Å². The monoisotopic (exact) mass is 425 g/mol. The van der Waals surface area contributed by atoms with E-state index in [1.54, 1.807) is 12.1 Å². The van der Waals surface area contributed by atoms with Crippen molar-refractivity contribution in [1.82, 2.24) is 4.90 Å². The number of hydrogen-bond donors (Lipinski definition) is 2. The SMILES string of the molecule is NC(=O)C1CCN(CCc2ccc(NC(=O)C3CCCC(C(F)(F)F)C3)cc2)CC1. The maximum Gasteiger partial charge on any atom is 0.391 e. The molecule has 2 aliphatic rings. The molecule has 2 unspecified atom stereocenters. The van der Waals surface area contributed by atoms with Crippen LogP contribution in [0.1, 0.15) is 44.1 Å². The van der Waals surface area contributed by atoms with Crippen molar-refractivity contribution in [2.24, 2.45) is 23.5 Å². The van der Waals surface area contributed by atoms with Crippen LogP contribution in [-0.4, -0.2) is 42.5 Å². The molecular weight excluding hydrogens is 395 g/mol. The van der Waals surface area contributed by atoms with Crippen LogP contribution in [0.5, 0.6) is 0 Å². The van der Waals surface area contributed by atoms with E-state index in [1.807, 2.05) is 12.1 Å². The number of nitrogens with zero attached hydrogens (tertiary/aromatic N) is 1. The van der Waals surface area contributed by atoms with E-state index < -0.39 is 18.0 Å². The van der Waals surface area contributed by atoms with Crippen molar-refractivity contribution in [1.29, 1.82) is 0 Å². The number of alkyl halides is 3. The van der Waals surface area contributed by atoms with Crippen molar-refractivity contribution in [3.05, 3.63) is 29.8 Å². The van der Waals surface area contributed by atoms with Gasteiger partial charge in [-0.25, -0.2) is 0 Å². The van der Waals surface area contributed by atoms with Crippen molar-refractivity contribution >= 4 is 17.5 Å². The van der Waals surface area contributed by atoms with E-state index in [4.69, 9.17) is 5.73 Å². The number of halogens is 3. The molecule has 3 N–H and O–H groups in total. The normalized spacial score (nSPS) is 23.8. The van der Waals surface area contributed by atoms with E-state index in [0.29, 0.717) is 18.5 Å². The Bertz CT molecular complexity index is 728. The quantitative estimate of drug-likeness (QED) is 0.729. The molecule has 1 saturated carbocycles. The molecule has 2 atom stereocenters. The number of primary amides is 1. The minimum Gasteiger partial charge on any atom is -0.369 e. The summed E-state index contributed by atoms with van der Waals surface area (Å²) in [5.74, 6) is -2.52. The number of nitrogens with two attached hydrogens (primary N) is 1. The average molecular weight is 425 g/mol. The van der Waals surface area contributed by atoms with E-state index in [2.05, 4.69) is 10.2 Å². The van der Waals surface area contributed by atoms with Gasteiger partial charge in [0.05, 0.1) is 5.92 Å². The molecule has 3 rings (SSSR count). The van der Waals surface area contributed by atoms with Crippen LogP contribution in [-0.2, 0) is 16.0 Å². The molecule has 30 heavy (non-hydrogen) atoms. The molecule has 1 aliphatic carbocycles. The summed E-state index contributed by atoms with van der Waals surface area (Å²) in [5, 5.41) is 2.77. The fraction of sp³-hybridized carbons (Fsp3) is 0.636. The van der Waals surface area contributed by atoms with Gasteiger partial charge in [-0.05, 0) is 69.3 Å². The summed E-state index contributed by atoms with van der Waals surface area (Å²) in [4.78, 5) is 26.0. The second kappa shape index (κ2) is 9.81. The zero-order valence-corrected chi connectivity index (χ0v) is 17.1. The summed E-state index contributed by atoms with van der Waals surface area (Å²) < 4.78 is 38.9. The number of hydrogen-bond acceptors (Lipinski definition) is 3. The molecule has 166 valence electrons. The Morgan fingerprint density at radius 1 is 1.03 bits per heavy atom. The predicted octanol–water partition coefficient (Wildman–Crippen LogP) is 3.73. The van der Waals surface area contributed by atoms with Gasteiger partial charge >= 0.3 is 6.18 Å². The Balaban J connectivity index is 1.44. The highest BCUT2D eigenvalue weighted by atomic mass is 19.4. The molecule has 0 aromatic heterocycles. The molecule has 5 nitrogen and oxygen atoms in total. The minimum absolute atomic E-state index is 0.0141. The third-order valence-corrected chi connectivity index (χ3v) is 6.44. The summed E-state index contributed by atoms with van der Waals surface area (Å²) >= 11 is 0. The van der Waals surface area contributed by atoms with Crippen LogP contribution in [0.15, 0.2) is 24.3 Å². The molecule has 1 aromatic carbocycles. The highest BCUT2D eigenvalue weighted by Gasteiger charge is 2.43. The van der Waals surface area contributed by atoms with Crippen molar-refractivity contribution in [2.45, 2.75) is 51.1 Å². The van der Waals surface area contributed by atoms with Crippen LogP contribution in [0.3, 0.4) is 0 Å². The van der Waals surface area contributed by atoms with E-state index in [9.17, 15) is 22.8 Å². The number of anilines is 1. The van der Waals surface area contributed by atoms with E-state index in [-0.39, 0.29) is 30.6 Å². The molecule has 8 heteroatoms. The van der Waals surface area contributed by atoms with E-state index >= 15 is 0 Å². The first-order chi connectivity index (χ1) is 14.2. The first kappa shape index (κ1) is 22.6. The van der Waals surface area contributed by atoms with Crippen molar-refractivity contribution < 1.29 is 22.8 Å². The van der Waals surface area contributed by atoms with Crippen LogP contribution in [0.25, 0.3) is 0 Å². The van der Waals surface area contributed by atoms with Crippen LogP contribution < -0.4 is 11.1 Å². The van der Waals surface area contributed by atoms with E-state index in [1.165, 1.54) is 0 Å². The first-order valence-corrected chi connectivity index (χ1v) is 10.7. The topological polar surface area (TPSA) is 75.4 Å². The Morgan fingerprint density at radius 2 is 1.70 bits per heavy atom. The van der Waals surface area contributed by atoms with Crippen LogP contribution >= 0.6 is 0 Å². The van der Waals surface area contributed by atoms with Gasteiger partial charge in [-0.2, -0.15) is 13.2 Å². The zero-order valence-electron chi connectivity index (χ0n) is 17.1. The van der Waals surface area contributed by atoms with Gasteiger partial charge in [0.2, 0.25) is 11.8 Å². The summed E-state index contributed by atoms with van der Waals surface area (Å²) in [6, 6.07) is 7.48. The predicted molar refractivity (Wildman–Crippen MR) is 109 cm³/mol. The Labute approximate surface area is 175 Å². The van der Waals surface area contributed by atoms with Crippen LogP contribution in [0.4, 0.5) is 18.9 Å². The van der Waals surface area contributed by atoms with Gasteiger partial charge in [0.1, 0.15) is 0 Å². The summed E-state index contributed by atoms with van der Waals surface area (Å²) in [7, 11) is 0. The number of carbonyl (C=O) groups is 2. The molecule has 0 radical (unpaired) electrons. The van der Waals surface area contributed by atoms with Crippen molar-refractivity contribution in [3.8, 4) is 0 Å². The zero-order chi connectivity index (χ0) is 21.7. The second-order valence-electron chi connectivity index (χ2n) is 8.56. The van der Waals surface area contributed by atoms with Gasteiger partial charge in [0.25, 0.3) is 0 Å². The van der Waals surface area contributed by atoms with Gasteiger partial charge in [-0.1, -0.05) is 18.6 Å². The molecule has 2 amide bonds. The van der Waals surface area contributed by atoms with Crippen molar-refractivity contribution in [2.75, 3.05) is 25.0 Å². The molecule has 1 aromatic rings. The number of amides is 2. The molecular formula is C22H30F3N3O2. The number of carbonyl (C=O) groups excluding carboxylic acids is 2. The summed E-state index contributed by atoms with van der Waals surface area (Å²) in [6.07, 6.45) is -0.850. The summed E-state index contributed by atoms with van der Waals surface area (Å²) in [5.41, 5.74) is 7.10. The molecule has 2 fully saturated rings. The largest absolute Gasteiger partial charge is 0.391 e. The average Bonchev–Trinajstić information content (AvgIpc) is 2.73. The lowest BCUT2D eigenvalue weighted by Crippen LogP contribution is -2.39. The minimum atomic E-state index is -4.23. The van der Waals surface area contributed by atoms with Gasteiger partial charge in [0.15, 0.2) is 0 Å². The Hall–Kier alpha value is -2.09.